The van der Waals surface area contributed by atoms with Crippen LogP contribution in [0.15, 0.2) is 47.3 Å². The number of carbonyl (C=O) groups excluding carboxylic acids is 1. The van der Waals surface area contributed by atoms with Crippen molar-refractivity contribution < 1.29 is 4.79 Å². The van der Waals surface area contributed by atoms with Crippen LogP contribution in [0.5, 0.6) is 0 Å². The van der Waals surface area contributed by atoms with Crippen LogP contribution >= 0.6 is 11.3 Å². The Morgan fingerprint density at radius 1 is 1.15 bits per heavy atom. The number of hydrogen-bond acceptors (Lipinski definition) is 5. The van der Waals surface area contributed by atoms with Crippen molar-refractivity contribution in [1.82, 2.24) is 20.1 Å². The minimum atomic E-state index is -0.190. The third kappa shape index (κ3) is 4.43. The van der Waals surface area contributed by atoms with Gasteiger partial charge in [0.2, 0.25) is 5.91 Å². The Bertz CT molecular complexity index is 963. The second-order valence-corrected chi connectivity index (χ2v) is 7.14. The molecule has 6 nitrogen and oxygen atoms in total. The maximum Gasteiger partial charge on any atom is 0.266 e. The molecule has 26 heavy (non-hydrogen) atoms. The fourth-order valence-electron chi connectivity index (χ4n) is 2.64. The van der Waals surface area contributed by atoms with E-state index < -0.39 is 0 Å². The Kier molecular flexibility index (Phi) is 5.58. The standard InChI is InChI=1S/C19H20N4O2S/c1-13-19(26-14(2)21-13)16-8-9-18(25)23(22-16)11-10-20-17(24)12-15-6-4-3-5-7-15/h3-9H,10-12H2,1-2H3,(H,20,24). The number of nitrogens with one attached hydrogen (secondary N) is 1. The van der Waals surface area contributed by atoms with Crippen LogP contribution in [0.25, 0.3) is 10.6 Å². The predicted molar refractivity (Wildman–Crippen MR) is 102 cm³/mol. The van der Waals surface area contributed by atoms with Crippen LogP contribution in [0.4, 0.5) is 0 Å². The molecule has 1 N–H and O–H groups in total. The summed E-state index contributed by atoms with van der Waals surface area (Å²) in [4.78, 5) is 29.4. The molecule has 0 spiro atoms. The van der Waals surface area contributed by atoms with Crippen LogP contribution in [-0.2, 0) is 17.8 Å². The summed E-state index contributed by atoms with van der Waals surface area (Å²) in [5, 5.41) is 8.22. The Morgan fingerprint density at radius 2 is 1.92 bits per heavy atom. The zero-order valence-electron chi connectivity index (χ0n) is 14.7. The van der Waals surface area contributed by atoms with Gasteiger partial charge in [-0.25, -0.2) is 9.67 Å². The number of thiazole rings is 1. The van der Waals surface area contributed by atoms with E-state index in [2.05, 4.69) is 15.4 Å². The van der Waals surface area contributed by atoms with Crippen molar-refractivity contribution in [3.05, 3.63) is 69.1 Å². The number of carbonyl (C=O) groups is 1. The maximum absolute atomic E-state index is 12.0. The van der Waals surface area contributed by atoms with E-state index in [0.29, 0.717) is 19.5 Å². The van der Waals surface area contributed by atoms with Crippen molar-refractivity contribution in [1.29, 1.82) is 0 Å². The first kappa shape index (κ1) is 18.0. The minimum absolute atomic E-state index is 0.0747. The molecule has 134 valence electrons. The Hall–Kier alpha value is -2.80. The molecule has 2 heterocycles. The highest BCUT2D eigenvalue weighted by molar-refractivity contribution is 7.15. The molecule has 0 bridgehead atoms. The number of hydrogen-bond donors (Lipinski definition) is 1. The van der Waals surface area contributed by atoms with Gasteiger partial charge in [-0.05, 0) is 25.5 Å². The lowest BCUT2D eigenvalue weighted by molar-refractivity contribution is -0.120. The summed E-state index contributed by atoms with van der Waals surface area (Å²) >= 11 is 1.55. The number of aromatic nitrogens is 3. The molecule has 0 radical (unpaired) electrons. The predicted octanol–water partition coefficient (Wildman–Crippen LogP) is 2.34. The van der Waals surface area contributed by atoms with Crippen LogP contribution in [0.1, 0.15) is 16.3 Å². The highest BCUT2D eigenvalue weighted by Crippen LogP contribution is 2.27. The van der Waals surface area contributed by atoms with Gasteiger partial charge in [0, 0.05) is 12.6 Å². The normalized spacial score (nSPS) is 10.7. The summed E-state index contributed by atoms with van der Waals surface area (Å²) in [6.07, 6.45) is 0.322. The number of aryl methyl sites for hydroxylation is 2. The van der Waals surface area contributed by atoms with Gasteiger partial charge in [0.15, 0.2) is 0 Å². The third-order valence-electron chi connectivity index (χ3n) is 3.86. The third-order valence-corrected chi connectivity index (χ3v) is 4.95. The summed E-state index contributed by atoms with van der Waals surface area (Å²) in [7, 11) is 0. The topological polar surface area (TPSA) is 76.9 Å². The monoisotopic (exact) mass is 368 g/mol. The molecule has 3 aromatic rings. The average Bonchev–Trinajstić information content (AvgIpc) is 2.96. The van der Waals surface area contributed by atoms with Crippen LogP contribution in [-0.4, -0.2) is 27.2 Å². The molecule has 0 aliphatic rings. The first-order valence-electron chi connectivity index (χ1n) is 8.36. The quantitative estimate of drug-likeness (QED) is 0.724. The largest absolute Gasteiger partial charge is 0.354 e. The lowest BCUT2D eigenvalue weighted by atomic mass is 10.1. The zero-order valence-corrected chi connectivity index (χ0v) is 15.5. The molecule has 1 aromatic carbocycles. The van der Waals surface area contributed by atoms with E-state index in [-0.39, 0.29) is 11.5 Å². The number of nitrogens with zero attached hydrogens (tertiary/aromatic N) is 3. The number of rotatable bonds is 6. The van der Waals surface area contributed by atoms with Crippen LogP contribution in [0, 0.1) is 13.8 Å². The summed E-state index contributed by atoms with van der Waals surface area (Å²) < 4.78 is 1.38. The SMILES string of the molecule is Cc1nc(C)c(-c2ccc(=O)n(CCNC(=O)Cc3ccccc3)n2)s1. The van der Waals surface area contributed by atoms with Crippen molar-refractivity contribution in [3.63, 3.8) is 0 Å². The molecular weight excluding hydrogens is 348 g/mol. The van der Waals surface area contributed by atoms with Gasteiger partial charge in [-0.2, -0.15) is 5.10 Å². The summed E-state index contributed by atoms with van der Waals surface area (Å²) in [6.45, 7) is 4.55. The summed E-state index contributed by atoms with van der Waals surface area (Å²) in [5.41, 5.74) is 2.40. The van der Waals surface area contributed by atoms with Gasteiger partial charge in [-0.1, -0.05) is 30.3 Å². The van der Waals surface area contributed by atoms with E-state index in [1.807, 2.05) is 44.2 Å². The van der Waals surface area contributed by atoms with Gasteiger partial charge in [0.25, 0.3) is 5.56 Å². The Labute approximate surface area is 155 Å². The minimum Gasteiger partial charge on any atom is -0.354 e. The molecule has 0 fully saturated rings. The van der Waals surface area contributed by atoms with Gasteiger partial charge in [0.05, 0.1) is 28.5 Å². The lowest BCUT2D eigenvalue weighted by Crippen LogP contribution is -2.32. The second kappa shape index (κ2) is 8.05. The van der Waals surface area contributed by atoms with E-state index >= 15 is 0 Å². The van der Waals surface area contributed by atoms with Gasteiger partial charge in [0.1, 0.15) is 5.69 Å². The molecule has 1 amide bonds. The lowest BCUT2D eigenvalue weighted by Gasteiger charge is -2.08. The molecule has 7 heteroatoms. The molecule has 0 saturated heterocycles. The van der Waals surface area contributed by atoms with Crippen molar-refractivity contribution in [3.8, 4) is 10.6 Å². The smallest absolute Gasteiger partial charge is 0.266 e. The van der Waals surface area contributed by atoms with Gasteiger partial charge < -0.3 is 5.32 Å². The zero-order chi connectivity index (χ0) is 18.5. The van der Waals surface area contributed by atoms with E-state index in [1.165, 1.54) is 10.7 Å². The van der Waals surface area contributed by atoms with E-state index in [1.54, 1.807) is 17.4 Å². The first-order chi connectivity index (χ1) is 12.5. The number of benzene rings is 1. The molecule has 0 aliphatic carbocycles. The van der Waals surface area contributed by atoms with Gasteiger partial charge in [-0.15, -0.1) is 11.3 Å². The Balaban J connectivity index is 1.63. The van der Waals surface area contributed by atoms with Crippen molar-refractivity contribution in [2.24, 2.45) is 0 Å². The molecule has 0 atom stereocenters. The average molecular weight is 368 g/mol. The van der Waals surface area contributed by atoms with E-state index in [4.69, 9.17) is 0 Å². The van der Waals surface area contributed by atoms with E-state index in [0.717, 1.165) is 26.8 Å². The van der Waals surface area contributed by atoms with Gasteiger partial charge >= 0.3 is 0 Å². The van der Waals surface area contributed by atoms with Crippen LogP contribution < -0.4 is 10.9 Å². The van der Waals surface area contributed by atoms with Gasteiger partial charge in [-0.3, -0.25) is 9.59 Å². The first-order valence-corrected chi connectivity index (χ1v) is 9.18. The molecule has 2 aromatic heterocycles. The maximum atomic E-state index is 12.0. The summed E-state index contributed by atoms with van der Waals surface area (Å²) in [6, 6.07) is 12.8. The van der Waals surface area contributed by atoms with Crippen LogP contribution in [0.3, 0.4) is 0 Å². The van der Waals surface area contributed by atoms with E-state index in [9.17, 15) is 9.59 Å². The van der Waals surface area contributed by atoms with Crippen molar-refractivity contribution in [2.75, 3.05) is 6.54 Å². The molecule has 0 unspecified atom stereocenters. The second-order valence-electron chi connectivity index (χ2n) is 5.94. The van der Waals surface area contributed by atoms with Crippen molar-refractivity contribution in [2.45, 2.75) is 26.8 Å². The highest BCUT2D eigenvalue weighted by atomic mass is 32.1. The molecule has 3 rings (SSSR count). The summed E-state index contributed by atoms with van der Waals surface area (Å²) in [5.74, 6) is -0.0747. The fourth-order valence-corrected chi connectivity index (χ4v) is 3.53. The number of amides is 1. The fraction of sp³-hybridized carbons (Fsp3) is 0.263. The molecular formula is C19H20N4O2S. The highest BCUT2D eigenvalue weighted by Gasteiger charge is 2.11. The van der Waals surface area contributed by atoms with Crippen molar-refractivity contribution >= 4 is 17.2 Å². The molecule has 0 aliphatic heterocycles. The Morgan fingerprint density at radius 3 is 2.62 bits per heavy atom. The molecule has 0 saturated carbocycles. The van der Waals surface area contributed by atoms with Crippen LogP contribution in [0.2, 0.25) is 0 Å².